The van der Waals surface area contributed by atoms with Crippen molar-refractivity contribution in [2.75, 3.05) is 5.32 Å². The van der Waals surface area contributed by atoms with Crippen molar-refractivity contribution in [3.63, 3.8) is 0 Å². The molecule has 0 saturated carbocycles. The number of carbonyl (C=O) groups excluding carboxylic acids is 2. The molecule has 27 heavy (non-hydrogen) atoms. The Kier molecular flexibility index (Phi) is 7.38. The Balaban J connectivity index is 2.00. The predicted octanol–water partition coefficient (Wildman–Crippen LogP) is 3.45. The first kappa shape index (κ1) is 20.9. The SMILES string of the molecule is CC(C)CC(C)NCc1ccc(Cc2cc(C(N)=O)c(NC(N)=O)s2)cc1. The molecule has 146 valence electrons. The first-order chi connectivity index (χ1) is 12.7. The minimum Gasteiger partial charge on any atom is -0.366 e. The largest absolute Gasteiger partial charge is 0.366 e. The summed E-state index contributed by atoms with van der Waals surface area (Å²) in [5.74, 6) is 0.0955. The van der Waals surface area contributed by atoms with Crippen LogP contribution >= 0.6 is 11.3 Å². The maximum Gasteiger partial charge on any atom is 0.317 e. The number of anilines is 1. The Bertz CT molecular complexity index is 784. The number of benzene rings is 1. The fourth-order valence-corrected chi connectivity index (χ4v) is 4.07. The van der Waals surface area contributed by atoms with Crippen LogP contribution in [0.25, 0.3) is 0 Å². The Morgan fingerprint density at radius 1 is 1.07 bits per heavy atom. The highest BCUT2D eigenvalue weighted by molar-refractivity contribution is 7.16. The number of urea groups is 1. The second-order valence-electron chi connectivity index (χ2n) is 7.21. The van der Waals surface area contributed by atoms with Gasteiger partial charge in [0.1, 0.15) is 5.00 Å². The van der Waals surface area contributed by atoms with E-state index in [-0.39, 0.29) is 5.56 Å². The van der Waals surface area contributed by atoms with Crippen molar-refractivity contribution < 1.29 is 9.59 Å². The molecule has 2 aromatic rings. The third kappa shape index (κ3) is 6.69. The van der Waals surface area contributed by atoms with Gasteiger partial charge in [0.2, 0.25) is 0 Å². The van der Waals surface area contributed by atoms with Crippen LogP contribution < -0.4 is 22.1 Å². The molecule has 0 spiro atoms. The summed E-state index contributed by atoms with van der Waals surface area (Å²) in [6.07, 6.45) is 1.81. The van der Waals surface area contributed by atoms with Crippen LogP contribution in [0.4, 0.5) is 9.80 Å². The van der Waals surface area contributed by atoms with E-state index in [0.717, 1.165) is 23.4 Å². The summed E-state index contributed by atoms with van der Waals surface area (Å²) in [6, 6.07) is 9.85. The van der Waals surface area contributed by atoms with Crippen LogP contribution in [0, 0.1) is 5.92 Å². The molecule has 7 heteroatoms. The van der Waals surface area contributed by atoms with Crippen LogP contribution in [-0.4, -0.2) is 18.0 Å². The van der Waals surface area contributed by atoms with Crippen molar-refractivity contribution in [1.29, 1.82) is 0 Å². The van der Waals surface area contributed by atoms with Crippen molar-refractivity contribution in [1.82, 2.24) is 5.32 Å². The Labute approximate surface area is 164 Å². The third-order valence-corrected chi connectivity index (χ3v) is 5.22. The van der Waals surface area contributed by atoms with Gasteiger partial charge >= 0.3 is 6.03 Å². The number of amides is 3. The van der Waals surface area contributed by atoms with Crippen molar-refractivity contribution in [2.45, 2.75) is 46.2 Å². The Morgan fingerprint density at radius 2 is 1.70 bits per heavy atom. The smallest absolute Gasteiger partial charge is 0.317 e. The number of nitrogens with two attached hydrogens (primary N) is 2. The molecule has 2 rings (SSSR count). The topological polar surface area (TPSA) is 110 Å². The van der Waals surface area contributed by atoms with E-state index in [2.05, 4.69) is 55.7 Å². The fraction of sp³-hybridized carbons (Fsp3) is 0.400. The molecule has 1 heterocycles. The zero-order valence-electron chi connectivity index (χ0n) is 16.0. The summed E-state index contributed by atoms with van der Waals surface area (Å²) >= 11 is 1.31. The van der Waals surface area contributed by atoms with Gasteiger partial charge in [0, 0.05) is 23.9 Å². The molecular weight excluding hydrogens is 360 g/mol. The molecule has 6 N–H and O–H groups in total. The second kappa shape index (κ2) is 9.53. The average Bonchev–Trinajstić information content (AvgIpc) is 2.95. The van der Waals surface area contributed by atoms with Crippen LogP contribution in [-0.2, 0) is 13.0 Å². The molecule has 0 radical (unpaired) electrons. The average molecular weight is 389 g/mol. The van der Waals surface area contributed by atoms with E-state index < -0.39 is 11.9 Å². The monoisotopic (exact) mass is 388 g/mol. The van der Waals surface area contributed by atoms with Gasteiger partial charge in [0.25, 0.3) is 5.91 Å². The van der Waals surface area contributed by atoms with E-state index in [1.165, 1.54) is 16.9 Å². The van der Waals surface area contributed by atoms with Gasteiger partial charge in [-0.2, -0.15) is 0 Å². The second-order valence-corrected chi connectivity index (χ2v) is 8.35. The minimum absolute atomic E-state index is 0.286. The highest BCUT2D eigenvalue weighted by Gasteiger charge is 2.15. The number of nitrogens with one attached hydrogen (secondary N) is 2. The van der Waals surface area contributed by atoms with Gasteiger partial charge in [-0.1, -0.05) is 38.1 Å². The molecule has 3 amide bonds. The Hall–Kier alpha value is -2.38. The summed E-state index contributed by atoms with van der Waals surface area (Å²) in [5, 5.41) is 6.39. The number of thiophene rings is 1. The summed E-state index contributed by atoms with van der Waals surface area (Å²) < 4.78 is 0. The molecule has 1 aromatic carbocycles. The molecule has 1 atom stereocenters. The van der Waals surface area contributed by atoms with Gasteiger partial charge in [-0.05, 0) is 36.5 Å². The quantitative estimate of drug-likeness (QED) is 0.528. The number of hydrogen-bond donors (Lipinski definition) is 4. The molecule has 0 aliphatic heterocycles. The maximum absolute atomic E-state index is 11.5. The zero-order valence-corrected chi connectivity index (χ0v) is 16.9. The van der Waals surface area contributed by atoms with Gasteiger partial charge in [0.15, 0.2) is 0 Å². The number of hydrogen-bond acceptors (Lipinski definition) is 4. The van der Waals surface area contributed by atoms with E-state index in [0.29, 0.717) is 23.4 Å². The number of rotatable bonds is 9. The standard InChI is InChI=1S/C20H28N4O2S/c1-12(2)8-13(3)23-11-15-6-4-14(5-7-15)9-16-10-17(18(21)25)19(27-16)24-20(22)26/h4-7,10,12-13,23H,8-9,11H2,1-3H3,(H2,21,25)(H3,22,24,26). The molecule has 0 aliphatic carbocycles. The van der Waals surface area contributed by atoms with Crippen molar-refractivity contribution >= 4 is 28.3 Å². The first-order valence-corrected chi connectivity index (χ1v) is 9.86. The van der Waals surface area contributed by atoms with Crippen LogP contribution in [0.3, 0.4) is 0 Å². The molecule has 1 unspecified atom stereocenters. The lowest BCUT2D eigenvalue weighted by Crippen LogP contribution is -2.26. The van der Waals surface area contributed by atoms with Crippen molar-refractivity contribution in [3.05, 3.63) is 51.9 Å². The predicted molar refractivity (Wildman–Crippen MR) is 111 cm³/mol. The van der Waals surface area contributed by atoms with E-state index >= 15 is 0 Å². The van der Waals surface area contributed by atoms with Gasteiger partial charge in [-0.25, -0.2) is 4.79 Å². The number of carbonyl (C=O) groups is 2. The van der Waals surface area contributed by atoms with Crippen LogP contribution in [0.5, 0.6) is 0 Å². The summed E-state index contributed by atoms with van der Waals surface area (Å²) in [7, 11) is 0. The third-order valence-electron chi connectivity index (χ3n) is 4.17. The number of primary amides is 2. The summed E-state index contributed by atoms with van der Waals surface area (Å²) in [4.78, 5) is 23.5. The maximum atomic E-state index is 11.5. The van der Waals surface area contributed by atoms with Gasteiger partial charge in [-0.15, -0.1) is 11.3 Å². The molecule has 0 bridgehead atoms. The molecular formula is C20H28N4O2S. The first-order valence-electron chi connectivity index (χ1n) is 9.04. The van der Waals surface area contributed by atoms with Crippen LogP contribution in [0.1, 0.15) is 53.6 Å². The van der Waals surface area contributed by atoms with Gasteiger partial charge < -0.3 is 16.8 Å². The highest BCUT2D eigenvalue weighted by atomic mass is 32.1. The van der Waals surface area contributed by atoms with Crippen molar-refractivity contribution in [3.8, 4) is 0 Å². The lowest BCUT2D eigenvalue weighted by atomic mass is 10.0. The van der Waals surface area contributed by atoms with Gasteiger partial charge in [-0.3, -0.25) is 10.1 Å². The molecule has 0 aliphatic rings. The van der Waals surface area contributed by atoms with E-state index in [1.54, 1.807) is 6.07 Å². The summed E-state index contributed by atoms with van der Waals surface area (Å²) in [6.45, 7) is 7.50. The van der Waals surface area contributed by atoms with E-state index in [1.807, 2.05) is 0 Å². The zero-order chi connectivity index (χ0) is 20.0. The van der Waals surface area contributed by atoms with Crippen LogP contribution in [0.15, 0.2) is 30.3 Å². The fourth-order valence-electron chi connectivity index (χ4n) is 2.98. The van der Waals surface area contributed by atoms with E-state index in [9.17, 15) is 9.59 Å². The normalized spacial score (nSPS) is 12.1. The molecule has 0 fully saturated rings. The highest BCUT2D eigenvalue weighted by Crippen LogP contribution is 2.29. The minimum atomic E-state index is -0.713. The Morgan fingerprint density at radius 3 is 2.26 bits per heavy atom. The summed E-state index contributed by atoms with van der Waals surface area (Å²) in [5.41, 5.74) is 13.2. The van der Waals surface area contributed by atoms with Crippen LogP contribution in [0.2, 0.25) is 0 Å². The molecule has 0 saturated heterocycles. The van der Waals surface area contributed by atoms with Gasteiger partial charge in [0.05, 0.1) is 5.56 Å². The molecule has 1 aromatic heterocycles. The van der Waals surface area contributed by atoms with Crippen molar-refractivity contribution in [2.24, 2.45) is 17.4 Å². The lowest BCUT2D eigenvalue weighted by molar-refractivity contribution is 0.100. The van der Waals surface area contributed by atoms with E-state index in [4.69, 9.17) is 11.5 Å². The molecule has 6 nitrogen and oxygen atoms in total. The lowest BCUT2D eigenvalue weighted by Gasteiger charge is -2.16.